The molecule has 1 rings (SSSR count). The van der Waals surface area contributed by atoms with E-state index in [4.69, 9.17) is 5.11 Å². The highest BCUT2D eigenvalue weighted by atomic mass is 32.2. The number of carbonyl (C=O) groups is 1. The molecule has 118 valence electrons. The van der Waals surface area contributed by atoms with Gasteiger partial charge in [-0.2, -0.15) is 4.31 Å². The van der Waals surface area contributed by atoms with Crippen molar-refractivity contribution in [2.24, 2.45) is 0 Å². The number of sulfonamides is 1. The monoisotopic (exact) mass is 315 g/mol. The summed E-state index contributed by atoms with van der Waals surface area (Å²) in [6.45, 7) is 0.000471. The molecule has 0 aliphatic rings. The van der Waals surface area contributed by atoms with E-state index in [1.807, 2.05) is 30.3 Å². The van der Waals surface area contributed by atoms with Crippen molar-refractivity contribution in [3.8, 4) is 0 Å². The topological polar surface area (TPSA) is 83.9 Å². The lowest BCUT2D eigenvalue weighted by Crippen LogP contribution is -2.35. The number of rotatable bonds is 9. The van der Waals surface area contributed by atoms with Crippen LogP contribution in [0.1, 0.15) is 18.4 Å². The lowest BCUT2D eigenvalue weighted by molar-refractivity contribution is -0.140. The Morgan fingerprint density at radius 2 is 1.95 bits per heavy atom. The number of hydrogen-bond acceptors (Lipinski definition) is 5. The summed E-state index contributed by atoms with van der Waals surface area (Å²) in [4.78, 5) is 11.0. The fourth-order valence-corrected chi connectivity index (χ4v) is 3.32. The molecular weight excluding hydrogens is 294 g/mol. The zero-order valence-electron chi connectivity index (χ0n) is 12.1. The molecule has 1 aromatic rings. The molecule has 0 aliphatic heterocycles. The predicted molar refractivity (Wildman–Crippen MR) is 79.0 cm³/mol. The van der Waals surface area contributed by atoms with Crippen LogP contribution >= 0.6 is 0 Å². The summed E-state index contributed by atoms with van der Waals surface area (Å²) in [6.07, 6.45) is 0.264. The molecule has 7 heteroatoms. The first-order valence-electron chi connectivity index (χ1n) is 6.69. The average molecular weight is 315 g/mol. The summed E-state index contributed by atoms with van der Waals surface area (Å²) in [5.41, 5.74) is 0.850. The highest BCUT2D eigenvalue weighted by Gasteiger charge is 2.21. The number of esters is 1. The molecule has 0 saturated heterocycles. The van der Waals surface area contributed by atoms with Crippen LogP contribution in [0.5, 0.6) is 0 Å². The quantitative estimate of drug-likeness (QED) is 0.680. The second-order valence-corrected chi connectivity index (χ2v) is 6.63. The van der Waals surface area contributed by atoms with Crippen LogP contribution in [0.2, 0.25) is 0 Å². The molecule has 0 aliphatic carbocycles. The fraction of sp³-hybridized carbons (Fsp3) is 0.500. The van der Waals surface area contributed by atoms with Crippen molar-refractivity contribution in [3.63, 3.8) is 0 Å². The van der Waals surface area contributed by atoms with Crippen LogP contribution in [0.15, 0.2) is 30.3 Å². The summed E-state index contributed by atoms with van der Waals surface area (Å²) in [6, 6.07) is 9.17. The minimum atomic E-state index is -3.52. The van der Waals surface area contributed by atoms with Gasteiger partial charge in [-0.25, -0.2) is 8.42 Å². The minimum absolute atomic E-state index is 0.0372. The Labute approximate surface area is 125 Å². The molecule has 0 saturated carbocycles. The molecule has 1 N–H and O–H groups in total. The first-order valence-corrected chi connectivity index (χ1v) is 8.30. The van der Waals surface area contributed by atoms with Crippen molar-refractivity contribution in [3.05, 3.63) is 35.9 Å². The van der Waals surface area contributed by atoms with Crippen molar-refractivity contribution in [2.45, 2.75) is 19.4 Å². The molecule has 21 heavy (non-hydrogen) atoms. The number of nitrogens with zero attached hydrogens (tertiary/aromatic N) is 1. The Bertz CT molecular complexity index is 530. The zero-order chi connectivity index (χ0) is 15.7. The van der Waals surface area contributed by atoms with Gasteiger partial charge in [0.2, 0.25) is 10.0 Å². The van der Waals surface area contributed by atoms with Gasteiger partial charge in [0.1, 0.15) is 0 Å². The molecule has 0 radical (unpaired) electrons. The lowest BCUT2D eigenvalue weighted by atomic mass is 10.2. The van der Waals surface area contributed by atoms with E-state index in [1.165, 1.54) is 11.4 Å². The van der Waals surface area contributed by atoms with Crippen molar-refractivity contribution >= 4 is 16.0 Å². The van der Waals surface area contributed by atoms with E-state index in [9.17, 15) is 13.2 Å². The molecule has 0 bridgehead atoms. The second-order valence-electron chi connectivity index (χ2n) is 4.54. The van der Waals surface area contributed by atoms with Crippen molar-refractivity contribution in [2.75, 3.05) is 26.0 Å². The molecule has 1 aromatic carbocycles. The Morgan fingerprint density at radius 3 is 2.52 bits per heavy atom. The number of methoxy groups -OCH3 is 1. The van der Waals surface area contributed by atoms with Crippen LogP contribution in [0.3, 0.4) is 0 Å². The predicted octanol–water partition coefficient (Wildman–Crippen LogP) is 0.764. The molecule has 0 unspecified atom stereocenters. The highest BCUT2D eigenvalue weighted by molar-refractivity contribution is 7.89. The Hall–Kier alpha value is -1.44. The third-order valence-electron chi connectivity index (χ3n) is 2.96. The van der Waals surface area contributed by atoms with Crippen LogP contribution in [0.25, 0.3) is 0 Å². The van der Waals surface area contributed by atoms with E-state index >= 15 is 0 Å². The van der Waals surface area contributed by atoms with E-state index in [0.29, 0.717) is 0 Å². The maximum absolute atomic E-state index is 12.3. The van der Waals surface area contributed by atoms with Gasteiger partial charge in [-0.05, 0) is 12.0 Å². The first kappa shape index (κ1) is 17.6. The maximum Gasteiger partial charge on any atom is 0.305 e. The van der Waals surface area contributed by atoms with E-state index < -0.39 is 16.0 Å². The van der Waals surface area contributed by atoms with Gasteiger partial charge in [0, 0.05) is 19.5 Å². The summed E-state index contributed by atoms with van der Waals surface area (Å²) < 4.78 is 30.2. The maximum atomic E-state index is 12.3. The molecule has 0 fully saturated rings. The van der Waals surface area contributed by atoms with Gasteiger partial charge in [0.05, 0.1) is 19.5 Å². The smallest absolute Gasteiger partial charge is 0.305 e. The van der Waals surface area contributed by atoms with E-state index in [0.717, 1.165) is 5.56 Å². The largest absolute Gasteiger partial charge is 0.469 e. The molecular formula is C14H21NO5S. The number of hydrogen-bond donors (Lipinski definition) is 1. The molecule has 0 heterocycles. The molecule has 0 amide bonds. The van der Waals surface area contributed by atoms with Gasteiger partial charge in [0.15, 0.2) is 0 Å². The highest BCUT2D eigenvalue weighted by Crippen LogP contribution is 2.11. The van der Waals surface area contributed by atoms with E-state index in [-0.39, 0.29) is 38.3 Å². The average Bonchev–Trinajstić information content (AvgIpc) is 2.47. The number of ether oxygens (including phenoxy) is 1. The van der Waals surface area contributed by atoms with Crippen LogP contribution in [0.4, 0.5) is 0 Å². The standard InChI is InChI=1S/C14H21NO5S/c1-20-14(17)8-5-11-21(18,19)15(9-10-16)12-13-6-3-2-4-7-13/h2-4,6-7,16H,5,8-12H2,1H3. The van der Waals surface area contributed by atoms with E-state index in [2.05, 4.69) is 4.74 Å². The molecule has 0 aromatic heterocycles. The third-order valence-corrected chi connectivity index (χ3v) is 4.86. The van der Waals surface area contributed by atoms with Crippen molar-refractivity contribution in [1.29, 1.82) is 0 Å². The lowest BCUT2D eigenvalue weighted by Gasteiger charge is -2.21. The first-order chi connectivity index (χ1) is 9.99. The van der Waals surface area contributed by atoms with Crippen molar-refractivity contribution < 1.29 is 23.1 Å². The summed E-state index contributed by atoms with van der Waals surface area (Å²) in [5, 5.41) is 9.05. The van der Waals surface area contributed by atoms with Crippen molar-refractivity contribution in [1.82, 2.24) is 4.31 Å². The van der Waals surface area contributed by atoms with Gasteiger partial charge >= 0.3 is 5.97 Å². The van der Waals surface area contributed by atoms with Gasteiger partial charge < -0.3 is 9.84 Å². The third kappa shape index (κ3) is 6.24. The fourth-order valence-electron chi connectivity index (χ4n) is 1.85. The normalized spacial score (nSPS) is 11.6. The zero-order valence-corrected chi connectivity index (χ0v) is 12.9. The second kappa shape index (κ2) is 8.76. The van der Waals surface area contributed by atoms with Crippen LogP contribution in [-0.4, -0.2) is 49.8 Å². The summed E-state index contributed by atoms with van der Waals surface area (Å²) in [5.74, 6) is -0.573. The number of benzene rings is 1. The molecule has 0 spiro atoms. The Morgan fingerprint density at radius 1 is 1.29 bits per heavy atom. The van der Waals surface area contributed by atoms with Crippen LogP contribution in [0, 0.1) is 0 Å². The van der Waals surface area contributed by atoms with Crippen LogP contribution < -0.4 is 0 Å². The SMILES string of the molecule is COC(=O)CCCS(=O)(=O)N(CCO)Cc1ccccc1. The Kier molecular flexibility index (Phi) is 7.35. The Balaban J connectivity index is 2.67. The summed E-state index contributed by atoms with van der Waals surface area (Å²) in [7, 11) is -2.25. The van der Waals surface area contributed by atoms with E-state index in [1.54, 1.807) is 0 Å². The van der Waals surface area contributed by atoms with Gasteiger partial charge in [-0.1, -0.05) is 30.3 Å². The molecule has 0 atom stereocenters. The number of aliphatic hydroxyl groups is 1. The summed E-state index contributed by atoms with van der Waals surface area (Å²) >= 11 is 0. The van der Waals surface area contributed by atoms with Gasteiger partial charge in [-0.3, -0.25) is 4.79 Å². The van der Waals surface area contributed by atoms with Gasteiger partial charge in [0.25, 0.3) is 0 Å². The van der Waals surface area contributed by atoms with Gasteiger partial charge in [-0.15, -0.1) is 0 Å². The van der Waals surface area contributed by atoms with Crippen LogP contribution in [-0.2, 0) is 26.1 Å². The minimum Gasteiger partial charge on any atom is -0.469 e. The number of carbonyl (C=O) groups excluding carboxylic acids is 1. The molecule has 6 nitrogen and oxygen atoms in total. The number of aliphatic hydroxyl groups excluding tert-OH is 1.